The molecule has 0 radical (unpaired) electrons. The summed E-state index contributed by atoms with van der Waals surface area (Å²) in [6.07, 6.45) is -0.415. The molecule has 0 heterocycles. The van der Waals surface area contributed by atoms with Crippen LogP contribution in [0.3, 0.4) is 0 Å². The Morgan fingerprint density at radius 1 is 1.40 bits per heavy atom. The third-order valence-corrected chi connectivity index (χ3v) is 2.34. The molecule has 0 fully saturated rings. The highest BCUT2D eigenvalue weighted by Gasteiger charge is 2.22. The fourth-order valence-corrected chi connectivity index (χ4v) is 1.41. The SMILES string of the molecule is COC(=O)NC(C)(C)c1cccc(C)c1. The maximum Gasteiger partial charge on any atom is 0.407 e. The van der Waals surface area contributed by atoms with Crippen LogP contribution in [0.1, 0.15) is 25.0 Å². The standard InChI is InChI=1S/C12H17NO2/c1-9-6-5-7-10(8-9)12(2,3)13-11(14)15-4/h5-8H,1-4H3,(H,13,14). The van der Waals surface area contributed by atoms with Crippen LogP contribution in [-0.2, 0) is 10.3 Å². The molecule has 0 spiro atoms. The minimum Gasteiger partial charge on any atom is -0.453 e. The van der Waals surface area contributed by atoms with Gasteiger partial charge in [0.2, 0.25) is 0 Å². The van der Waals surface area contributed by atoms with Gasteiger partial charge in [-0.2, -0.15) is 0 Å². The van der Waals surface area contributed by atoms with Crippen LogP contribution in [0.15, 0.2) is 24.3 Å². The van der Waals surface area contributed by atoms with Crippen molar-refractivity contribution in [1.82, 2.24) is 5.32 Å². The van der Waals surface area contributed by atoms with Gasteiger partial charge in [0.1, 0.15) is 0 Å². The van der Waals surface area contributed by atoms with Crippen molar-refractivity contribution in [2.75, 3.05) is 7.11 Å². The lowest BCUT2D eigenvalue weighted by Gasteiger charge is -2.26. The second-order valence-corrected chi connectivity index (χ2v) is 4.11. The van der Waals surface area contributed by atoms with Gasteiger partial charge in [0, 0.05) is 0 Å². The van der Waals surface area contributed by atoms with E-state index in [0.29, 0.717) is 0 Å². The molecule has 15 heavy (non-hydrogen) atoms. The molecule has 0 aliphatic carbocycles. The van der Waals surface area contributed by atoms with E-state index < -0.39 is 11.6 Å². The first-order chi connectivity index (χ1) is 6.95. The molecule has 1 aromatic carbocycles. The molecule has 0 saturated heterocycles. The molecule has 1 N–H and O–H groups in total. The summed E-state index contributed by atoms with van der Waals surface area (Å²) in [6.45, 7) is 5.91. The van der Waals surface area contributed by atoms with Gasteiger partial charge >= 0.3 is 6.09 Å². The Morgan fingerprint density at radius 3 is 2.60 bits per heavy atom. The predicted octanol–water partition coefficient (Wildman–Crippen LogP) is 2.59. The van der Waals surface area contributed by atoms with E-state index in [9.17, 15) is 4.79 Å². The van der Waals surface area contributed by atoms with Gasteiger partial charge < -0.3 is 10.1 Å². The van der Waals surface area contributed by atoms with Crippen LogP contribution < -0.4 is 5.32 Å². The molecule has 3 nitrogen and oxygen atoms in total. The van der Waals surface area contributed by atoms with E-state index in [0.717, 1.165) is 5.56 Å². The van der Waals surface area contributed by atoms with Gasteiger partial charge in [-0.25, -0.2) is 4.79 Å². The number of alkyl carbamates (subject to hydrolysis) is 1. The topological polar surface area (TPSA) is 38.3 Å². The molecule has 0 aliphatic rings. The lowest BCUT2D eigenvalue weighted by molar-refractivity contribution is 0.159. The fraction of sp³-hybridized carbons (Fsp3) is 0.417. The van der Waals surface area contributed by atoms with Gasteiger partial charge in [0.15, 0.2) is 0 Å². The first-order valence-electron chi connectivity index (χ1n) is 4.89. The molecule has 1 amide bonds. The Balaban J connectivity index is 2.90. The number of rotatable bonds is 2. The summed E-state index contributed by atoms with van der Waals surface area (Å²) in [6, 6.07) is 8.04. The number of amides is 1. The summed E-state index contributed by atoms with van der Waals surface area (Å²) >= 11 is 0. The predicted molar refractivity (Wildman–Crippen MR) is 59.7 cm³/mol. The van der Waals surface area contributed by atoms with E-state index in [4.69, 9.17) is 0 Å². The zero-order valence-electron chi connectivity index (χ0n) is 9.63. The molecule has 82 valence electrons. The van der Waals surface area contributed by atoms with E-state index >= 15 is 0 Å². The number of nitrogens with one attached hydrogen (secondary N) is 1. The summed E-state index contributed by atoms with van der Waals surface area (Å²) in [5, 5.41) is 2.79. The number of carbonyl (C=O) groups is 1. The fourth-order valence-electron chi connectivity index (χ4n) is 1.41. The van der Waals surface area contributed by atoms with E-state index in [2.05, 4.69) is 16.1 Å². The molecule has 0 atom stereocenters. The van der Waals surface area contributed by atoms with Gasteiger partial charge in [-0.1, -0.05) is 29.8 Å². The van der Waals surface area contributed by atoms with Gasteiger partial charge in [0.05, 0.1) is 12.6 Å². The van der Waals surface area contributed by atoms with Crippen LogP contribution >= 0.6 is 0 Å². The van der Waals surface area contributed by atoms with Gasteiger partial charge in [0.25, 0.3) is 0 Å². The minimum atomic E-state index is -0.418. The number of hydrogen-bond donors (Lipinski definition) is 1. The largest absolute Gasteiger partial charge is 0.453 e. The lowest BCUT2D eigenvalue weighted by atomic mass is 9.93. The summed E-state index contributed by atoms with van der Waals surface area (Å²) in [5.74, 6) is 0. The molecule has 0 aromatic heterocycles. The zero-order valence-corrected chi connectivity index (χ0v) is 9.63. The van der Waals surface area contributed by atoms with Crippen LogP contribution in [-0.4, -0.2) is 13.2 Å². The molecule has 0 saturated carbocycles. The van der Waals surface area contributed by atoms with Crippen molar-refractivity contribution in [3.05, 3.63) is 35.4 Å². The Hall–Kier alpha value is -1.51. The highest BCUT2D eigenvalue weighted by atomic mass is 16.5. The van der Waals surface area contributed by atoms with Gasteiger partial charge in [-0.05, 0) is 26.3 Å². The van der Waals surface area contributed by atoms with Crippen LogP contribution in [0.25, 0.3) is 0 Å². The first kappa shape index (κ1) is 11.6. The number of ether oxygens (including phenoxy) is 1. The van der Waals surface area contributed by atoms with Crippen LogP contribution in [0.4, 0.5) is 4.79 Å². The highest BCUT2D eigenvalue weighted by Crippen LogP contribution is 2.20. The minimum absolute atomic E-state index is 0.415. The van der Waals surface area contributed by atoms with Gasteiger partial charge in [-0.15, -0.1) is 0 Å². The van der Waals surface area contributed by atoms with Crippen LogP contribution in [0.5, 0.6) is 0 Å². The van der Waals surface area contributed by atoms with E-state index in [1.54, 1.807) is 0 Å². The maximum atomic E-state index is 11.2. The quantitative estimate of drug-likeness (QED) is 0.809. The van der Waals surface area contributed by atoms with Crippen molar-refractivity contribution in [3.8, 4) is 0 Å². The Bertz CT molecular complexity index is 358. The zero-order chi connectivity index (χ0) is 11.5. The number of aryl methyl sites for hydroxylation is 1. The normalized spacial score (nSPS) is 10.9. The number of methoxy groups -OCH3 is 1. The van der Waals surface area contributed by atoms with E-state index in [-0.39, 0.29) is 0 Å². The molecule has 0 aliphatic heterocycles. The Morgan fingerprint density at radius 2 is 2.07 bits per heavy atom. The molecule has 3 heteroatoms. The average molecular weight is 207 g/mol. The Labute approximate surface area is 90.4 Å². The van der Waals surface area contributed by atoms with Crippen molar-refractivity contribution in [2.45, 2.75) is 26.3 Å². The van der Waals surface area contributed by atoms with E-state index in [1.807, 2.05) is 39.0 Å². The molecule has 0 bridgehead atoms. The van der Waals surface area contributed by atoms with Crippen molar-refractivity contribution < 1.29 is 9.53 Å². The highest BCUT2D eigenvalue weighted by molar-refractivity contribution is 5.68. The smallest absolute Gasteiger partial charge is 0.407 e. The molecular weight excluding hydrogens is 190 g/mol. The number of hydrogen-bond acceptors (Lipinski definition) is 2. The molecule has 1 aromatic rings. The third kappa shape index (κ3) is 2.98. The van der Waals surface area contributed by atoms with Crippen molar-refractivity contribution in [3.63, 3.8) is 0 Å². The van der Waals surface area contributed by atoms with Crippen molar-refractivity contribution in [1.29, 1.82) is 0 Å². The summed E-state index contributed by atoms with van der Waals surface area (Å²) in [7, 11) is 1.36. The average Bonchev–Trinajstić information content (AvgIpc) is 2.17. The second-order valence-electron chi connectivity index (χ2n) is 4.11. The van der Waals surface area contributed by atoms with Crippen LogP contribution in [0.2, 0.25) is 0 Å². The maximum absolute atomic E-state index is 11.2. The van der Waals surface area contributed by atoms with Crippen molar-refractivity contribution in [2.24, 2.45) is 0 Å². The number of benzene rings is 1. The second kappa shape index (κ2) is 4.34. The monoisotopic (exact) mass is 207 g/mol. The molecule has 0 unspecified atom stereocenters. The van der Waals surface area contributed by atoms with Crippen molar-refractivity contribution >= 4 is 6.09 Å². The first-order valence-corrected chi connectivity index (χ1v) is 4.89. The van der Waals surface area contributed by atoms with Gasteiger partial charge in [-0.3, -0.25) is 0 Å². The lowest BCUT2D eigenvalue weighted by Crippen LogP contribution is -2.40. The van der Waals surface area contributed by atoms with Crippen LogP contribution in [0, 0.1) is 6.92 Å². The molecular formula is C12H17NO2. The summed E-state index contributed by atoms with van der Waals surface area (Å²) in [4.78, 5) is 11.2. The molecule has 1 rings (SSSR count). The number of carbonyl (C=O) groups excluding carboxylic acids is 1. The Kier molecular flexibility index (Phi) is 3.35. The summed E-state index contributed by atoms with van der Waals surface area (Å²) in [5.41, 5.74) is 1.82. The third-order valence-electron chi connectivity index (χ3n) is 2.34. The van der Waals surface area contributed by atoms with E-state index in [1.165, 1.54) is 12.7 Å². The summed E-state index contributed by atoms with van der Waals surface area (Å²) < 4.78 is 4.59.